The summed E-state index contributed by atoms with van der Waals surface area (Å²) in [4.78, 5) is 14.8. The van der Waals surface area contributed by atoms with Crippen LogP contribution in [0.3, 0.4) is 0 Å². The molecule has 0 amide bonds. The average Bonchev–Trinajstić information content (AvgIpc) is 3.22. The minimum Gasteiger partial charge on any atom is -0.486 e. The molecule has 0 unspecified atom stereocenters. The van der Waals surface area contributed by atoms with Crippen LogP contribution in [0.2, 0.25) is 0 Å². The molecule has 0 atom stereocenters. The van der Waals surface area contributed by atoms with Crippen molar-refractivity contribution in [3.63, 3.8) is 0 Å². The molecule has 0 aliphatic carbocycles. The summed E-state index contributed by atoms with van der Waals surface area (Å²) in [6.07, 6.45) is 1.51. The number of benzene rings is 2. The Morgan fingerprint density at radius 1 is 1.16 bits per heavy atom. The Morgan fingerprint density at radius 3 is 2.65 bits per heavy atom. The van der Waals surface area contributed by atoms with Gasteiger partial charge in [-0.3, -0.25) is 10.1 Å². The summed E-state index contributed by atoms with van der Waals surface area (Å²) in [5.41, 5.74) is -0.208. The first kappa shape index (κ1) is 20.4. The SMILES string of the molecule is C=CCNc1oc(-c2ccccc2[N+](=O)[O-])nc1S(=O)(=O)c1ccc2c(c1)OCCO2. The number of sulfone groups is 1. The quantitative estimate of drug-likeness (QED) is 0.331. The lowest BCUT2D eigenvalue weighted by Crippen LogP contribution is -2.16. The zero-order valence-electron chi connectivity index (χ0n) is 16.1. The van der Waals surface area contributed by atoms with Crippen molar-refractivity contribution in [2.75, 3.05) is 25.1 Å². The van der Waals surface area contributed by atoms with Crippen molar-refractivity contribution < 1.29 is 27.2 Å². The van der Waals surface area contributed by atoms with Crippen molar-refractivity contribution >= 4 is 21.4 Å². The lowest BCUT2D eigenvalue weighted by atomic mass is 10.2. The van der Waals surface area contributed by atoms with Gasteiger partial charge in [-0.2, -0.15) is 4.98 Å². The monoisotopic (exact) mass is 443 g/mol. The van der Waals surface area contributed by atoms with Crippen LogP contribution in [-0.2, 0) is 9.84 Å². The van der Waals surface area contributed by atoms with Crippen LogP contribution in [0, 0.1) is 10.1 Å². The van der Waals surface area contributed by atoms with E-state index in [1.54, 1.807) is 6.07 Å². The van der Waals surface area contributed by atoms with E-state index in [-0.39, 0.29) is 34.5 Å². The smallest absolute Gasteiger partial charge is 0.282 e. The lowest BCUT2D eigenvalue weighted by Gasteiger charge is -2.18. The van der Waals surface area contributed by atoms with Crippen molar-refractivity contribution in [1.29, 1.82) is 0 Å². The van der Waals surface area contributed by atoms with E-state index in [0.29, 0.717) is 24.7 Å². The topological polar surface area (TPSA) is 134 Å². The van der Waals surface area contributed by atoms with E-state index >= 15 is 0 Å². The number of aromatic nitrogens is 1. The van der Waals surface area contributed by atoms with Crippen LogP contribution >= 0.6 is 0 Å². The maximum absolute atomic E-state index is 13.3. The highest BCUT2D eigenvalue weighted by molar-refractivity contribution is 7.91. The molecule has 160 valence electrons. The Hall–Kier alpha value is -3.86. The van der Waals surface area contributed by atoms with Gasteiger partial charge in [-0.15, -0.1) is 6.58 Å². The number of anilines is 1. The number of hydrogen-bond acceptors (Lipinski definition) is 9. The number of nitro benzene ring substituents is 1. The van der Waals surface area contributed by atoms with E-state index in [4.69, 9.17) is 13.9 Å². The second-order valence-corrected chi connectivity index (χ2v) is 8.27. The third kappa shape index (κ3) is 3.82. The summed E-state index contributed by atoms with van der Waals surface area (Å²) in [6, 6.07) is 10.0. The van der Waals surface area contributed by atoms with E-state index < -0.39 is 19.8 Å². The summed E-state index contributed by atoms with van der Waals surface area (Å²) in [6.45, 7) is 4.44. The highest BCUT2D eigenvalue weighted by atomic mass is 32.2. The van der Waals surface area contributed by atoms with E-state index in [9.17, 15) is 18.5 Å². The van der Waals surface area contributed by atoms with E-state index in [1.165, 1.54) is 42.5 Å². The molecule has 1 aliphatic rings. The fourth-order valence-corrected chi connectivity index (χ4v) is 4.29. The Bertz CT molecular complexity index is 1270. The second kappa shape index (κ2) is 8.11. The van der Waals surface area contributed by atoms with E-state index in [2.05, 4.69) is 16.9 Å². The third-order valence-electron chi connectivity index (χ3n) is 4.41. The molecule has 2 aromatic carbocycles. The molecule has 1 N–H and O–H groups in total. The molecule has 1 aliphatic heterocycles. The van der Waals surface area contributed by atoms with E-state index in [1.807, 2.05) is 0 Å². The molecule has 0 spiro atoms. The molecule has 0 saturated heterocycles. The standard InChI is InChI=1S/C20H17N3O7S/c1-2-9-21-19-20(22-18(30-19)14-5-3-4-6-15(14)23(24)25)31(26,27)13-7-8-16-17(12-13)29-11-10-28-16/h2-8,12,21H,1,9-11H2. The van der Waals surface area contributed by atoms with Gasteiger partial charge in [-0.1, -0.05) is 18.2 Å². The van der Waals surface area contributed by atoms with Gasteiger partial charge in [-0.25, -0.2) is 8.42 Å². The molecule has 10 nitrogen and oxygen atoms in total. The van der Waals surface area contributed by atoms with Crippen LogP contribution < -0.4 is 14.8 Å². The summed E-state index contributed by atoms with van der Waals surface area (Å²) in [5.74, 6) is 0.393. The predicted molar refractivity (Wildman–Crippen MR) is 110 cm³/mol. The molecule has 3 aromatic rings. The molecule has 11 heteroatoms. The minimum absolute atomic E-state index is 0.0535. The molecule has 0 bridgehead atoms. The number of hydrogen-bond donors (Lipinski definition) is 1. The summed E-state index contributed by atoms with van der Waals surface area (Å²) < 4.78 is 43.2. The van der Waals surface area contributed by atoms with Crippen molar-refractivity contribution in [2.45, 2.75) is 9.92 Å². The average molecular weight is 443 g/mol. The van der Waals surface area contributed by atoms with Crippen LogP contribution in [0.1, 0.15) is 0 Å². The Morgan fingerprint density at radius 2 is 1.90 bits per heavy atom. The highest BCUT2D eigenvalue weighted by Gasteiger charge is 2.31. The van der Waals surface area contributed by atoms with Gasteiger partial charge in [0.25, 0.3) is 5.69 Å². The number of para-hydroxylation sites is 1. The molecule has 1 aromatic heterocycles. The predicted octanol–water partition coefficient (Wildman–Crippen LogP) is 3.45. The van der Waals surface area contributed by atoms with Crippen LogP contribution in [0.15, 0.2) is 69.5 Å². The van der Waals surface area contributed by atoms with Gasteiger partial charge in [0.2, 0.25) is 26.6 Å². The first-order valence-electron chi connectivity index (χ1n) is 9.16. The number of nitrogens with one attached hydrogen (secondary N) is 1. The number of oxazole rings is 1. The van der Waals surface area contributed by atoms with Crippen molar-refractivity contribution in [3.05, 3.63) is 65.2 Å². The molecule has 0 fully saturated rings. The van der Waals surface area contributed by atoms with Gasteiger partial charge in [0.05, 0.1) is 9.82 Å². The number of nitrogens with zero attached hydrogens (tertiary/aromatic N) is 2. The van der Waals surface area contributed by atoms with Gasteiger partial charge in [-0.05, 0) is 18.2 Å². The largest absolute Gasteiger partial charge is 0.486 e. The van der Waals surface area contributed by atoms with Gasteiger partial charge in [0.1, 0.15) is 18.8 Å². The van der Waals surface area contributed by atoms with E-state index in [0.717, 1.165) is 0 Å². The number of rotatable bonds is 7. The number of ether oxygens (including phenoxy) is 2. The van der Waals surface area contributed by atoms with Crippen LogP contribution in [-0.4, -0.2) is 38.1 Å². The molecular weight excluding hydrogens is 426 g/mol. The Balaban J connectivity index is 1.84. The van der Waals surface area contributed by atoms with Crippen LogP contribution in [0.5, 0.6) is 11.5 Å². The third-order valence-corrected chi connectivity index (χ3v) is 6.07. The highest BCUT2D eigenvalue weighted by Crippen LogP contribution is 2.38. The zero-order valence-corrected chi connectivity index (χ0v) is 16.9. The van der Waals surface area contributed by atoms with Crippen LogP contribution in [0.4, 0.5) is 11.6 Å². The minimum atomic E-state index is -4.16. The van der Waals surface area contributed by atoms with Gasteiger partial charge in [0.15, 0.2) is 11.5 Å². The molecule has 2 heterocycles. The summed E-state index contributed by atoms with van der Waals surface area (Å²) in [7, 11) is -4.16. The van der Waals surface area contributed by atoms with Crippen molar-refractivity contribution in [3.8, 4) is 23.0 Å². The zero-order chi connectivity index (χ0) is 22.0. The molecule has 4 rings (SSSR count). The number of fused-ring (bicyclic) bond motifs is 1. The van der Waals surface area contributed by atoms with Gasteiger partial charge >= 0.3 is 0 Å². The van der Waals surface area contributed by atoms with Crippen molar-refractivity contribution in [1.82, 2.24) is 4.98 Å². The lowest BCUT2D eigenvalue weighted by molar-refractivity contribution is -0.384. The first-order valence-corrected chi connectivity index (χ1v) is 10.6. The molecule has 0 radical (unpaired) electrons. The number of nitro groups is 1. The summed E-state index contributed by atoms with van der Waals surface area (Å²) in [5, 5.41) is 13.8. The summed E-state index contributed by atoms with van der Waals surface area (Å²) >= 11 is 0. The van der Waals surface area contributed by atoms with Crippen LogP contribution in [0.25, 0.3) is 11.5 Å². The normalized spacial score (nSPS) is 12.9. The Kier molecular flexibility index (Phi) is 5.34. The maximum atomic E-state index is 13.3. The fraction of sp³-hybridized carbons (Fsp3) is 0.150. The van der Waals surface area contributed by atoms with Gasteiger partial charge in [0, 0.05) is 18.7 Å². The Labute approximate surface area is 177 Å². The maximum Gasteiger partial charge on any atom is 0.282 e. The first-order chi connectivity index (χ1) is 14.9. The second-order valence-electron chi connectivity index (χ2n) is 6.41. The fourth-order valence-electron chi connectivity index (χ4n) is 3.00. The van der Waals surface area contributed by atoms with Crippen molar-refractivity contribution in [2.24, 2.45) is 0 Å². The van der Waals surface area contributed by atoms with Gasteiger partial charge < -0.3 is 19.2 Å². The molecule has 0 saturated carbocycles. The molecular formula is C20H17N3O7S. The molecule has 31 heavy (non-hydrogen) atoms.